The summed E-state index contributed by atoms with van der Waals surface area (Å²) in [5, 5.41) is 0. The summed E-state index contributed by atoms with van der Waals surface area (Å²) in [6.07, 6.45) is 3.57. The van der Waals surface area contributed by atoms with E-state index in [0.717, 1.165) is 30.6 Å². The van der Waals surface area contributed by atoms with Gasteiger partial charge in [-0.2, -0.15) is 0 Å². The van der Waals surface area contributed by atoms with E-state index in [4.69, 9.17) is 4.74 Å². The van der Waals surface area contributed by atoms with Gasteiger partial charge in [-0.15, -0.1) is 0 Å². The van der Waals surface area contributed by atoms with Crippen LogP contribution in [0.3, 0.4) is 0 Å². The molecule has 0 heterocycles. The Morgan fingerprint density at radius 2 is 1.75 bits per heavy atom. The lowest BCUT2D eigenvalue weighted by Gasteiger charge is -2.15. The molecule has 0 radical (unpaired) electrons. The van der Waals surface area contributed by atoms with Crippen LogP contribution in [-0.4, -0.2) is 12.9 Å². The highest BCUT2D eigenvalue weighted by molar-refractivity contribution is 5.98. The number of methoxy groups -OCH3 is 1. The summed E-state index contributed by atoms with van der Waals surface area (Å²) in [7, 11) is 1.67. The van der Waals surface area contributed by atoms with E-state index in [2.05, 4.69) is 30.3 Å². The van der Waals surface area contributed by atoms with Crippen molar-refractivity contribution in [1.82, 2.24) is 0 Å². The van der Waals surface area contributed by atoms with Crippen LogP contribution in [0.1, 0.15) is 39.9 Å². The van der Waals surface area contributed by atoms with Crippen LogP contribution in [-0.2, 0) is 12.8 Å². The Bertz CT molecular complexity index is 626. The van der Waals surface area contributed by atoms with Gasteiger partial charge in [0.25, 0.3) is 0 Å². The molecule has 0 unspecified atom stereocenters. The molecule has 20 heavy (non-hydrogen) atoms. The zero-order chi connectivity index (χ0) is 13.9. The lowest BCUT2D eigenvalue weighted by Crippen LogP contribution is -2.11. The maximum atomic E-state index is 12.0. The van der Waals surface area contributed by atoms with Crippen LogP contribution in [0.5, 0.6) is 5.75 Å². The van der Waals surface area contributed by atoms with Crippen molar-refractivity contribution in [1.29, 1.82) is 0 Å². The summed E-state index contributed by atoms with van der Waals surface area (Å²) < 4.78 is 5.16. The first kappa shape index (κ1) is 12.9. The second-order valence-electron chi connectivity index (χ2n) is 5.29. The average molecular weight is 266 g/mol. The molecule has 0 saturated carbocycles. The second kappa shape index (κ2) is 5.49. The number of hydrogen-bond donors (Lipinski definition) is 0. The summed E-state index contributed by atoms with van der Waals surface area (Å²) in [4.78, 5) is 12.0. The van der Waals surface area contributed by atoms with Crippen molar-refractivity contribution in [3.63, 3.8) is 0 Å². The van der Waals surface area contributed by atoms with Crippen molar-refractivity contribution < 1.29 is 9.53 Å². The number of aryl methyl sites for hydroxylation is 1. The van der Waals surface area contributed by atoms with Crippen LogP contribution in [0, 0.1) is 0 Å². The van der Waals surface area contributed by atoms with E-state index in [0.29, 0.717) is 12.2 Å². The Kier molecular flexibility index (Phi) is 3.55. The fourth-order valence-electron chi connectivity index (χ4n) is 2.76. The number of hydrogen-bond acceptors (Lipinski definition) is 2. The predicted octanol–water partition coefficient (Wildman–Crippen LogP) is 3.81. The minimum Gasteiger partial charge on any atom is -0.497 e. The molecule has 1 aliphatic carbocycles. The van der Waals surface area contributed by atoms with Gasteiger partial charge in [-0.3, -0.25) is 4.79 Å². The van der Waals surface area contributed by atoms with Crippen molar-refractivity contribution in [3.8, 4) is 5.75 Å². The third-order valence-electron chi connectivity index (χ3n) is 3.89. The summed E-state index contributed by atoms with van der Waals surface area (Å²) in [5.41, 5.74) is 4.57. The first-order valence-corrected chi connectivity index (χ1v) is 7.04. The number of benzene rings is 2. The van der Waals surface area contributed by atoms with Gasteiger partial charge in [0.05, 0.1) is 7.11 Å². The Morgan fingerprint density at radius 1 is 1.00 bits per heavy atom. The predicted molar refractivity (Wildman–Crippen MR) is 79.5 cm³/mol. The highest BCUT2D eigenvalue weighted by atomic mass is 16.5. The van der Waals surface area contributed by atoms with E-state index in [9.17, 15) is 4.79 Å². The van der Waals surface area contributed by atoms with Gasteiger partial charge in [0.15, 0.2) is 5.78 Å². The number of ketones is 1. The van der Waals surface area contributed by atoms with E-state index >= 15 is 0 Å². The summed E-state index contributed by atoms with van der Waals surface area (Å²) in [6, 6.07) is 14.4. The molecular weight excluding hydrogens is 248 g/mol. The summed E-state index contributed by atoms with van der Waals surface area (Å²) in [6.45, 7) is 0. The first-order valence-electron chi connectivity index (χ1n) is 7.04. The molecule has 2 heteroatoms. The van der Waals surface area contributed by atoms with Gasteiger partial charge in [-0.25, -0.2) is 0 Å². The Labute approximate surface area is 119 Å². The number of carbonyl (C=O) groups is 1. The smallest absolute Gasteiger partial charge is 0.163 e. The van der Waals surface area contributed by atoms with Gasteiger partial charge >= 0.3 is 0 Å². The number of ether oxygens (including phenoxy) is 1. The zero-order valence-corrected chi connectivity index (χ0v) is 11.7. The molecule has 0 aromatic heterocycles. The Hall–Kier alpha value is -2.09. The third-order valence-corrected chi connectivity index (χ3v) is 3.89. The zero-order valence-electron chi connectivity index (χ0n) is 11.7. The molecule has 1 aliphatic rings. The number of carbonyl (C=O) groups excluding carboxylic acids is 1. The molecule has 0 atom stereocenters. The number of rotatable bonds is 3. The fraction of sp³-hybridized carbons (Fsp3) is 0.278. The minimum absolute atomic E-state index is 0.294. The third kappa shape index (κ3) is 2.60. The molecule has 0 aliphatic heterocycles. The molecule has 3 rings (SSSR count). The maximum Gasteiger partial charge on any atom is 0.163 e. The van der Waals surface area contributed by atoms with Crippen molar-refractivity contribution >= 4 is 5.78 Å². The quantitative estimate of drug-likeness (QED) is 0.844. The Morgan fingerprint density at radius 3 is 2.50 bits per heavy atom. The fourth-order valence-corrected chi connectivity index (χ4v) is 2.76. The molecule has 2 aromatic rings. The molecule has 2 nitrogen and oxygen atoms in total. The van der Waals surface area contributed by atoms with Gasteiger partial charge in [0.2, 0.25) is 0 Å². The second-order valence-corrected chi connectivity index (χ2v) is 5.29. The van der Waals surface area contributed by atoms with Crippen LogP contribution in [0.2, 0.25) is 0 Å². The molecular formula is C18H18O2. The number of Topliss-reactive ketones (excluding diaryl/α,β-unsaturated/α-hetero) is 1. The Balaban J connectivity index is 1.83. The normalized spacial score (nSPS) is 13.9. The molecule has 102 valence electrons. The summed E-state index contributed by atoms with van der Waals surface area (Å²) in [5.74, 6) is 1.16. The van der Waals surface area contributed by atoms with Crippen LogP contribution in [0.25, 0.3) is 0 Å². The molecule has 0 amide bonds. The van der Waals surface area contributed by atoms with E-state index in [-0.39, 0.29) is 0 Å². The lowest BCUT2D eigenvalue weighted by molar-refractivity contribution is 0.0972. The average Bonchev–Trinajstić information content (AvgIpc) is 2.49. The van der Waals surface area contributed by atoms with Crippen molar-refractivity contribution in [2.75, 3.05) is 7.11 Å². The van der Waals surface area contributed by atoms with E-state index < -0.39 is 0 Å². The van der Waals surface area contributed by atoms with Crippen LogP contribution in [0.4, 0.5) is 0 Å². The molecule has 0 saturated heterocycles. The largest absolute Gasteiger partial charge is 0.497 e. The van der Waals surface area contributed by atoms with E-state index in [1.54, 1.807) is 7.11 Å². The van der Waals surface area contributed by atoms with Gasteiger partial charge in [0, 0.05) is 12.0 Å². The standard InChI is InChI=1S/C18H18O2/c1-20-16-9-6-13(7-10-16)11-14-5-8-15-3-2-4-18(19)17(15)12-14/h5-10,12H,2-4,11H2,1H3. The molecule has 2 aromatic carbocycles. The topological polar surface area (TPSA) is 26.3 Å². The van der Waals surface area contributed by atoms with Crippen molar-refractivity contribution in [2.45, 2.75) is 25.7 Å². The molecule has 0 spiro atoms. The number of fused-ring (bicyclic) bond motifs is 1. The van der Waals surface area contributed by atoms with E-state index in [1.165, 1.54) is 16.7 Å². The van der Waals surface area contributed by atoms with Gasteiger partial charge in [0.1, 0.15) is 5.75 Å². The molecule has 0 fully saturated rings. The van der Waals surface area contributed by atoms with Crippen LogP contribution < -0.4 is 4.74 Å². The molecule has 0 N–H and O–H groups in total. The van der Waals surface area contributed by atoms with Gasteiger partial charge in [-0.1, -0.05) is 24.3 Å². The minimum atomic E-state index is 0.294. The van der Waals surface area contributed by atoms with Gasteiger partial charge < -0.3 is 4.74 Å². The van der Waals surface area contributed by atoms with E-state index in [1.807, 2.05) is 12.1 Å². The first-order chi connectivity index (χ1) is 9.76. The van der Waals surface area contributed by atoms with Gasteiger partial charge in [-0.05, 0) is 54.2 Å². The molecule has 0 bridgehead atoms. The maximum absolute atomic E-state index is 12.0. The monoisotopic (exact) mass is 266 g/mol. The summed E-state index contributed by atoms with van der Waals surface area (Å²) >= 11 is 0. The highest BCUT2D eigenvalue weighted by Crippen LogP contribution is 2.23. The SMILES string of the molecule is COc1ccc(Cc2ccc3c(c2)C(=O)CCC3)cc1. The van der Waals surface area contributed by atoms with Crippen molar-refractivity contribution in [3.05, 3.63) is 64.7 Å². The highest BCUT2D eigenvalue weighted by Gasteiger charge is 2.17. The van der Waals surface area contributed by atoms with Crippen molar-refractivity contribution in [2.24, 2.45) is 0 Å². The van der Waals surface area contributed by atoms with Crippen LogP contribution in [0.15, 0.2) is 42.5 Å². The van der Waals surface area contributed by atoms with Crippen LogP contribution >= 0.6 is 0 Å². The lowest BCUT2D eigenvalue weighted by atomic mass is 9.88.